The number of rotatable bonds is 6. The fraction of sp³-hybridized carbons (Fsp3) is 0.667. The third-order valence-corrected chi connectivity index (χ3v) is 4.70. The van der Waals surface area contributed by atoms with Gasteiger partial charge in [0.1, 0.15) is 12.7 Å². The van der Waals surface area contributed by atoms with Crippen molar-refractivity contribution in [3.63, 3.8) is 0 Å². The molecule has 116 valence electrons. The van der Waals surface area contributed by atoms with Gasteiger partial charge in [0, 0.05) is 6.04 Å². The molecule has 1 fully saturated rings. The van der Waals surface area contributed by atoms with E-state index in [-0.39, 0.29) is 6.10 Å². The SMILES string of the molecule is CCCNC(CC1CCCC1)C1COc2ccccc2O1. The molecular weight excluding hydrogens is 262 g/mol. The van der Waals surface area contributed by atoms with Gasteiger partial charge in [-0.1, -0.05) is 44.7 Å². The third-order valence-electron chi connectivity index (χ3n) is 4.70. The lowest BCUT2D eigenvalue weighted by atomic mass is 9.94. The van der Waals surface area contributed by atoms with Crippen molar-refractivity contribution in [2.45, 2.75) is 57.6 Å². The highest BCUT2D eigenvalue weighted by Crippen LogP contribution is 2.34. The standard InChI is InChI=1S/C18H27NO2/c1-2-11-19-15(12-14-7-3-4-8-14)18-13-20-16-9-5-6-10-17(16)21-18/h5-6,9-10,14-15,18-19H,2-4,7-8,11-13H2,1H3. The minimum atomic E-state index is 0.132. The summed E-state index contributed by atoms with van der Waals surface area (Å²) in [6.45, 7) is 3.93. The average molecular weight is 289 g/mol. The van der Waals surface area contributed by atoms with Crippen molar-refractivity contribution in [3.8, 4) is 11.5 Å². The Kier molecular flexibility index (Phi) is 5.02. The number of nitrogens with one attached hydrogen (secondary N) is 1. The second-order valence-corrected chi connectivity index (χ2v) is 6.36. The summed E-state index contributed by atoms with van der Waals surface area (Å²) in [6, 6.07) is 8.40. The average Bonchev–Trinajstić information content (AvgIpc) is 3.04. The van der Waals surface area contributed by atoms with Crippen LogP contribution >= 0.6 is 0 Å². The molecule has 0 bridgehead atoms. The molecule has 1 aliphatic carbocycles. The van der Waals surface area contributed by atoms with E-state index in [9.17, 15) is 0 Å². The van der Waals surface area contributed by atoms with Gasteiger partial charge in [0.25, 0.3) is 0 Å². The fourth-order valence-corrected chi connectivity index (χ4v) is 3.54. The molecule has 0 saturated heterocycles. The predicted octanol–water partition coefficient (Wildman–Crippen LogP) is 3.77. The molecule has 1 aromatic carbocycles. The first kappa shape index (κ1) is 14.7. The number of hydrogen-bond acceptors (Lipinski definition) is 3. The number of fused-ring (bicyclic) bond motifs is 1. The summed E-state index contributed by atoms with van der Waals surface area (Å²) in [6.07, 6.45) is 8.07. The van der Waals surface area contributed by atoms with Gasteiger partial charge < -0.3 is 14.8 Å². The smallest absolute Gasteiger partial charge is 0.161 e. The maximum absolute atomic E-state index is 6.21. The molecule has 1 N–H and O–H groups in total. The monoisotopic (exact) mass is 289 g/mol. The Balaban J connectivity index is 1.65. The van der Waals surface area contributed by atoms with Crippen molar-refractivity contribution >= 4 is 0 Å². The maximum atomic E-state index is 6.21. The molecule has 2 unspecified atom stereocenters. The summed E-state index contributed by atoms with van der Waals surface area (Å²) in [5.41, 5.74) is 0. The van der Waals surface area contributed by atoms with Crippen molar-refractivity contribution in [2.24, 2.45) is 5.92 Å². The Bertz CT molecular complexity index is 443. The summed E-state index contributed by atoms with van der Waals surface area (Å²) >= 11 is 0. The largest absolute Gasteiger partial charge is 0.486 e. The number of para-hydroxylation sites is 2. The van der Waals surface area contributed by atoms with E-state index in [2.05, 4.69) is 12.2 Å². The van der Waals surface area contributed by atoms with Crippen LogP contribution in [-0.4, -0.2) is 25.3 Å². The van der Waals surface area contributed by atoms with Crippen LogP contribution in [0.15, 0.2) is 24.3 Å². The first-order valence-corrected chi connectivity index (χ1v) is 8.48. The van der Waals surface area contributed by atoms with Crippen LogP contribution < -0.4 is 14.8 Å². The van der Waals surface area contributed by atoms with Crippen LogP contribution in [-0.2, 0) is 0 Å². The highest BCUT2D eigenvalue weighted by Gasteiger charge is 2.31. The molecule has 0 radical (unpaired) electrons. The third kappa shape index (κ3) is 3.70. The van der Waals surface area contributed by atoms with Crippen molar-refractivity contribution in [1.29, 1.82) is 0 Å². The minimum absolute atomic E-state index is 0.132. The summed E-state index contributed by atoms with van der Waals surface area (Å²) < 4.78 is 12.1. The minimum Gasteiger partial charge on any atom is -0.486 e. The lowest BCUT2D eigenvalue weighted by Gasteiger charge is -2.34. The zero-order valence-corrected chi connectivity index (χ0v) is 13.0. The summed E-state index contributed by atoms with van der Waals surface area (Å²) in [4.78, 5) is 0. The Morgan fingerprint density at radius 3 is 2.71 bits per heavy atom. The summed E-state index contributed by atoms with van der Waals surface area (Å²) in [5, 5.41) is 3.69. The van der Waals surface area contributed by atoms with Crippen LogP contribution in [0.5, 0.6) is 11.5 Å². The molecule has 0 aromatic heterocycles. The molecule has 1 aromatic rings. The molecule has 2 aliphatic rings. The number of ether oxygens (including phenoxy) is 2. The van der Waals surface area contributed by atoms with E-state index >= 15 is 0 Å². The zero-order chi connectivity index (χ0) is 14.5. The van der Waals surface area contributed by atoms with Gasteiger partial charge in [0.2, 0.25) is 0 Å². The van der Waals surface area contributed by atoms with E-state index in [0.717, 1.165) is 30.4 Å². The second-order valence-electron chi connectivity index (χ2n) is 6.36. The summed E-state index contributed by atoms with van der Waals surface area (Å²) in [5.74, 6) is 2.63. The van der Waals surface area contributed by atoms with Gasteiger partial charge in [0.05, 0.1) is 0 Å². The topological polar surface area (TPSA) is 30.5 Å². The highest BCUT2D eigenvalue weighted by molar-refractivity contribution is 5.40. The van der Waals surface area contributed by atoms with Gasteiger partial charge in [-0.3, -0.25) is 0 Å². The number of hydrogen-bond donors (Lipinski definition) is 1. The van der Waals surface area contributed by atoms with Crippen LogP contribution in [0, 0.1) is 5.92 Å². The van der Waals surface area contributed by atoms with E-state index in [0.29, 0.717) is 12.6 Å². The van der Waals surface area contributed by atoms with Gasteiger partial charge in [0.15, 0.2) is 11.5 Å². The fourth-order valence-electron chi connectivity index (χ4n) is 3.54. The zero-order valence-electron chi connectivity index (χ0n) is 13.0. The summed E-state index contributed by atoms with van der Waals surface area (Å²) in [7, 11) is 0. The normalized spacial score (nSPS) is 23.2. The molecule has 3 heteroatoms. The van der Waals surface area contributed by atoms with E-state index in [1.54, 1.807) is 0 Å². The molecule has 21 heavy (non-hydrogen) atoms. The van der Waals surface area contributed by atoms with Crippen molar-refractivity contribution in [3.05, 3.63) is 24.3 Å². The van der Waals surface area contributed by atoms with E-state index < -0.39 is 0 Å². The van der Waals surface area contributed by atoms with Crippen molar-refractivity contribution in [1.82, 2.24) is 5.32 Å². The van der Waals surface area contributed by atoms with Crippen LogP contribution in [0.1, 0.15) is 45.4 Å². The molecule has 1 heterocycles. The van der Waals surface area contributed by atoms with Crippen LogP contribution in [0.25, 0.3) is 0 Å². The molecule has 0 amide bonds. The lowest BCUT2D eigenvalue weighted by Crippen LogP contribution is -2.48. The van der Waals surface area contributed by atoms with Crippen LogP contribution in [0.3, 0.4) is 0 Å². The molecule has 1 aliphatic heterocycles. The van der Waals surface area contributed by atoms with Crippen molar-refractivity contribution in [2.75, 3.05) is 13.2 Å². The molecule has 1 saturated carbocycles. The number of benzene rings is 1. The molecule has 3 rings (SSSR count). The molecule has 3 nitrogen and oxygen atoms in total. The Morgan fingerprint density at radius 1 is 1.19 bits per heavy atom. The first-order chi connectivity index (χ1) is 10.4. The van der Waals surface area contributed by atoms with Crippen LogP contribution in [0.2, 0.25) is 0 Å². The van der Waals surface area contributed by atoms with Crippen LogP contribution in [0.4, 0.5) is 0 Å². The molecular formula is C18H27NO2. The lowest BCUT2D eigenvalue weighted by molar-refractivity contribution is 0.0547. The molecule has 2 atom stereocenters. The van der Waals surface area contributed by atoms with Gasteiger partial charge in [-0.05, 0) is 37.4 Å². The first-order valence-electron chi connectivity index (χ1n) is 8.48. The van der Waals surface area contributed by atoms with Gasteiger partial charge in [-0.2, -0.15) is 0 Å². The predicted molar refractivity (Wildman–Crippen MR) is 85.0 cm³/mol. The Morgan fingerprint density at radius 2 is 1.95 bits per heavy atom. The van der Waals surface area contributed by atoms with E-state index in [1.807, 2.05) is 24.3 Å². The van der Waals surface area contributed by atoms with Gasteiger partial charge >= 0.3 is 0 Å². The van der Waals surface area contributed by atoms with Crippen molar-refractivity contribution < 1.29 is 9.47 Å². The quantitative estimate of drug-likeness (QED) is 0.864. The Labute approximate surface area is 128 Å². The van der Waals surface area contributed by atoms with Gasteiger partial charge in [-0.15, -0.1) is 0 Å². The van der Waals surface area contributed by atoms with E-state index in [1.165, 1.54) is 32.1 Å². The van der Waals surface area contributed by atoms with Gasteiger partial charge in [-0.25, -0.2) is 0 Å². The Hall–Kier alpha value is -1.22. The maximum Gasteiger partial charge on any atom is 0.161 e. The van der Waals surface area contributed by atoms with E-state index in [4.69, 9.17) is 9.47 Å². The second kappa shape index (κ2) is 7.17. The molecule has 0 spiro atoms. The highest BCUT2D eigenvalue weighted by atomic mass is 16.6.